The highest BCUT2D eigenvalue weighted by Crippen LogP contribution is 2.29. The number of rotatable bonds is 13. The lowest BCUT2D eigenvalue weighted by Crippen LogP contribution is -2.34. The van der Waals surface area contributed by atoms with E-state index in [1.54, 1.807) is 12.1 Å². The topological polar surface area (TPSA) is 102 Å². The summed E-state index contributed by atoms with van der Waals surface area (Å²) in [6, 6.07) is 9.15. The number of carbonyl (C=O) groups excluding carboxylic acids is 2. The van der Waals surface area contributed by atoms with Crippen molar-refractivity contribution < 1.29 is 34.0 Å². The van der Waals surface area contributed by atoms with E-state index in [1.165, 1.54) is 0 Å². The van der Waals surface area contributed by atoms with Crippen molar-refractivity contribution in [2.75, 3.05) is 13.2 Å². The molecule has 2 rings (SSSR count). The van der Waals surface area contributed by atoms with E-state index >= 15 is 0 Å². The predicted molar refractivity (Wildman–Crippen MR) is 116 cm³/mol. The largest absolute Gasteiger partial charge is 0.491 e. The number of ketones is 1. The summed E-state index contributed by atoms with van der Waals surface area (Å²) in [7, 11) is 0. The quantitative estimate of drug-likeness (QED) is 0.280. The van der Waals surface area contributed by atoms with Crippen molar-refractivity contribution >= 4 is 11.8 Å². The second kappa shape index (κ2) is 13.2. The Bertz CT molecular complexity index is 701. The van der Waals surface area contributed by atoms with Crippen LogP contribution in [0.2, 0.25) is 0 Å². The first-order valence-corrected chi connectivity index (χ1v) is 10.9. The highest BCUT2D eigenvalue weighted by atomic mass is 16.5. The molecule has 0 aromatic heterocycles. The molecule has 1 aliphatic carbocycles. The molecule has 7 nitrogen and oxygen atoms in total. The molecular formula is C24H34O7. The number of unbranched alkanes of at least 4 members (excludes halogenated alkanes) is 1. The molecule has 1 fully saturated rings. The first-order valence-electron chi connectivity index (χ1n) is 10.9. The summed E-state index contributed by atoms with van der Waals surface area (Å²) in [6.07, 6.45) is 3.57. The number of allylic oxidation sites excluding steroid dienone is 2. The number of ether oxygens (including phenoxy) is 3. The summed E-state index contributed by atoms with van der Waals surface area (Å²) in [4.78, 5) is 23.7. The Morgan fingerprint density at radius 3 is 2.65 bits per heavy atom. The molecule has 7 heteroatoms. The smallest absolute Gasteiger partial charge is 0.306 e. The van der Waals surface area contributed by atoms with E-state index < -0.39 is 24.2 Å². The fraction of sp³-hybridized carbons (Fsp3) is 0.583. The van der Waals surface area contributed by atoms with Gasteiger partial charge in [0.15, 0.2) is 0 Å². The monoisotopic (exact) mass is 434 g/mol. The van der Waals surface area contributed by atoms with Gasteiger partial charge in [0.1, 0.15) is 24.2 Å². The van der Waals surface area contributed by atoms with Crippen LogP contribution in [0.15, 0.2) is 42.5 Å². The molecule has 1 aliphatic rings. The SMILES string of the molecule is CC(C)OC(=O)CCC/C=C\C[C@H]1C(=O)C[C@@H](O)[C@@H]1OC[C@@H](O)COc1ccccc1. The Labute approximate surface area is 184 Å². The van der Waals surface area contributed by atoms with Gasteiger partial charge in [-0.15, -0.1) is 0 Å². The van der Waals surface area contributed by atoms with Crippen molar-refractivity contribution in [1.82, 2.24) is 0 Å². The third-order valence-electron chi connectivity index (χ3n) is 4.94. The van der Waals surface area contributed by atoms with Crippen molar-refractivity contribution in [1.29, 1.82) is 0 Å². The molecule has 4 atom stereocenters. The maximum atomic E-state index is 12.2. The molecule has 0 unspecified atom stereocenters. The average molecular weight is 435 g/mol. The highest BCUT2D eigenvalue weighted by molar-refractivity contribution is 5.85. The minimum absolute atomic E-state index is 0.0278. The van der Waals surface area contributed by atoms with Crippen LogP contribution < -0.4 is 4.74 Å². The number of para-hydroxylation sites is 1. The van der Waals surface area contributed by atoms with E-state index in [0.717, 1.165) is 0 Å². The summed E-state index contributed by atoms with van der Waals surface area (Å²) in [5.74, 6) is -0.0454. The van der Waals surface area contributed by atoms with Crippen LogP contribution in [-0.4, -0.2) is 59.6 Å². The fourth-order valence-electron chi connectivity index (χ4n) is 3.44. The molecule has 0 spiro atoms. The molecule has 172 valence electrons. The van der Waals surface area contributed by atoms with Gasteiger partial charge in [0.05, 0.1) is 24.9 Å². The first-order chi connectivity index (χ1) is 14.9. The maximum absolute atomic E-state index is 12.2. The summed E-state index contributed by atoms with van der Waals surface area (Å²) in [6.45, 7) is 3.67. The van der Waals surface area contributed by atoms with E-state index in [4.69, 9.17) is 14.2 Å². The van der Waals surface area contributed by atoms with E-state index in [-0.39, 0.29) is 37.5 Å². The first kappa shape index (κ1) is 25.0. The van der Waals surface area contributed by atoms with E-state index in [9.17, 15) is 19.8 Å². The third kappa shape index (κ3) is 9.21. The van der Waals surface area contributed by atoms with E-state index in [0.29, 0.717) is 31.4 Å². The van der Waals surface area contributed by atoms with Gasteiger partial charge in [-0.2, -0.15) is 0 Å². The lowest BCUT2D eigenvalue weighted by Gasteiger charge is -2.22. The second-order valence-corrected chi connectivity index (χ2v) is 8.06. The Hall–Kier alpha value is -2.22. The molecule has 0 saturated heterocycles. The van der Waals surface area contributed by atoms with Crippen molar-refractivity contribution in [2.24, 2.45) is 5.92 Å². The van der Waals surface area contributed by atoms with Crippen LogP contribution >= 0.6 is 0 Å². The zero-order valence-corrected chi connectivity index (χ0v) is 18.3. The summed E-state index contributed by atoms with van der Waals surface area (Å²) < 4.78 is 16.3. The lowest BCUT2D eigenvalue weighted by atomic mass is 9.99. The van der Waals surface area contributed by atoms with Crippen molar-refractivity contribution in [2.45, 2.75) is 70.4 Å². The molecule has 0 aliphatic heterocycles. The van der Waals surface area contributed by atoms with Gasteiger partial charge < -0.3 is 24.4 Å². The summed E-state index contributed by atoms with van der Waals surface area (Å²) in [5, 5.41) is 20.3. The molecule has 1 aromatic carbocycles. The normalized spacial score (nSPS) is 22.2. The Kier molecular flexibility index (Phi) is 10.7. The molecule has 0 bridgehead atoms. The van der Waals surface area contributed by atoms with Crippen LogP contribution in [0.1, 0.15) is 46.0 Å². The average Bonchev–Trinajstić information content (AvgIpc) is 3.00. The van der Waals surface area contributed by atoms with Crippen LogP contribution in [0.4, 0.5) is 0 Å². The maximum Gasteiger partial charge on any atom is 0.306 e. The van der Waals surface area contributed by atoms with Gasteiger partial charge in [-0.1, -0.05) is 30.4 Å². The van der Waals surface area contributed by atoms with E-state index in [1.807, 2.05) is 44.2 Å². The van der Waals surface area contributed by atoms with Crippen LogP contribution in [0, 0.1) is 5.92 Å². The number of carbonyl (C=O) groups is 2. The Balaban J connectivity index is 1.71. The number of hydrogen-bond acceptors (Lipinski definition) is 7. The molecule has 0 amide bonds. The van der Waals surface area contributed by atoms with Gasteiger partial charge in [0.2, 0.25) is 0 Å². The van der Waals surface area contributed by atoms with Gasteiger partial charge in [-0.25, -0.2) is 0 Å². The van der Waals surface area contributed by atoms with Gasteiger partial charge in [0.25, 0.3) is 0 Å². The number of esters is 1. The molecular weight excluding hydrogens is 400 g/mol. The van der Waals surface area contributed by atoms with Crippen LogP contribution in [0.25, 0.3) is 0 Å². The van der Waals surface area contributed by atoms with Crippen LogP contribution in [0.3, 0.4) is 0 Å². The summed E-state index contributed by atoms with van der Waals surface area (Å²) in [5.41, 5.74) is 0. The van der Waals surface area contributed by atoms with Crippen molar-refractivity contribution in [3.8, 4) is 5.75 Å². The molecule has 1 aromatic rings. The van der Waals surface area contributed by atoms with Gasteiger partial charge in [-0.3, -0.25) is 9.59 Å². The number of benzene rings is 1. The molecule has 1 saturated carbocycles. The number of Topliss-reactive ketones (excluding diaryl/α,β-unsaturated/α-hetero) is 1. The van der Waals surface area contributed by atoms with Gasteiger partial charge in [-0.05, 0) is 45.2 Å². The van der Waals surface area contributed by atoms with Crippen LogP contribution in [0.5, 0.6) is 5.75 Å². The molecule has 2 N–H and O–H groups in total. The minimum atomic E-state index is -0.876. The minimum Gasteiger partial charge on any atom is -0.491 e. The van der Waals surface area contributed by atoms with Gasteiger partial charge >= 0.3 is 5.97 Å². The van der Waals surface area contributed by atoms with Crippen molar-refractivity contribution in [3.05, 3.63) is 42.5 Å². The van der Waals surface area contributed by atoms with Crippen LogP contribution in [-0.2, 0) is 19.1 Å². The molecule has 0 radical (unpaired) electrons. The Morgan fingerprint density at radius 2 is 1.94 bits per heavy atom. The number of aliphatic hydroxyl groups is 2. The predicted octanol–water partition coefficient (Wildman–Crippen LogP) is 2.83. The van der Waals surface area contributed by atoms with E-state index in [2.05, 4.69) is 0 Å². The standard InChI is InChI=1S/C24H34O7/c1-17(2)31-23(28)13-9-4-3-8-12-20-21(26)14-22(27)24(20)30-16-18(25)15-29-19-10-6-5-7-11-19/h3,5-8,10-11,17-18,20,22,24-25,27H,4,9,12-16H2,1-2H3/b8-3-/t18-,20-,22+,24+/m0/s1. The number of aliphatic hydroxyl groups excluding tert-OH is 2. The Morgan fingerprint density at radius 1 is 1.19 bits per heavy atom. The van der Waals surface area contributed by atoms with Crippen molar-refractivity contribution in [3.63, 3.8) is 0 Å². The zero-order chi connectivity index (χ0) is 22.6. The highest BCUT2D eigenvalue weighted by Gasteiger charge is 2.41. The molecule has 0 heterocycles. The number of hydrogen-bond donors (Lipinski definition) is 2. The molecule has 31 heavy (non-hydrogen) atoms. The summed E-state index contributed by atoms with van der Waals surface area (Å²) >= 11 is 0. The van der Waals surface area contributed by atoms with Gasteiger partial charge in [0, 0.05) is 18.8 Å². The lowest BCUT2D eigenvalue weighted by molar-refractivity contribution is -0.147. The third-order valence-corrected chi connectivity index (χ3v) is 4.94. The second-order valence-electron chi connectivity index (χ2n) is 8.06. The fourth-order valence-corrected chi connectivity index (χ4v) is 3.44. The zero-order valence-electron chi connectivity index (χ0n) is 18.3.